The summed E-state index contributed by atoms with van der Waals surface area (Å²) in [6.45, 7) is 4.93. The van der Waals surface area contributed by atoms with Crippen LogP contribution in [0.1, 0.15) is 13.8 Å². The molecule has 1 saturated heterocycles. The number of rotatable bonds is 3. The van der Waals surface area contributed by atoms with E-state index in [1.165, 1.54) is 16.7 Å². The van der Waals surface area contributed by atoms with E-state index >= 15 is 0 Å². The summed E-state index contributed by atoms with van der Waals surface area (Å²) in [6.07, 6.45) is -0.388. The second-order valence-corrected chi connectivity index (χ2v) is 4.18. The summed E-state index contributed by atoms with van der Waals surface area (Å²) in [5, 5.41) is 11.1. The Morgan fingerprint density at radius 1 is 1.21 bits per heavy atom. The van der Waals surface area contributed by atoms with E-state index < -0.39 is 18.0 Å². The van der Waals surface area contributed by atoms with Gasteiger partial charge in [-0.05, 0) is 13.8 Å². The van der Waals surface area contributed by atoms with E-state index in [4.69, 9.17) is 9.84 Å². The Kier molecular flexibility index (Phi) is 5.40. The van der Waals surface area contributed by atoms with Gasteiger partial charge in [-0.3, -0.25) is 4.79 Å². The van der Waals surface area contributed by atoms with E-state index in [1.807, 2.05) is 0 Å². The molecular formula is C11H19N3O5. The highest BCUT2D eigenvalue weighted by molar-refractivity contribution is 5.82. The zero-order chi connectivity index (χ0) is 14.4. The fourth-order valence-corrected chi connectivity index (χ4v) is 1.65. The number of amides is 3. The molecule has 0 aromatic heterocycles. The van der Waals surface area contributed by atoms with Crippen molar-refractivity contribution < 1.29 is 24.2 Å². The smallest absolute Gasteiger partial charge is 0.409 e. The maximum atomic E-state index is 11.7. The van der Waals surface area contributed by atoms with Crippen molar-refractivity contribution in [1.29, 1.82) is 0 Å². The predicted molar refractivity (Wildman–Crippen MR) is 65.8 cm³/mol. The van der Waals surface area contributed by atoms with Crippen LogP contribution in [-0.4, -0.2) is 71.8 Å². The highest BCUT2D eigenvalue weighted by Gasteiger charge is 2.26. The van der Waals surface area contributed by atoms with Crippen LogP contribution in [0.5, 0.6) is 0 Å². The predicted octanol–water partition coefficient (Wildman–Crippen LogP) is -0.0568. The van der Waals surface area contributed by atoms with E-state index in [9.17, 15) is 14.4 Å². The molecule has 0 bridgehead atoms. The fraction of sp³-hybridized carbons (Fsp3) is 0.727. The molecule has 1 unspecified atom stereocenters. The highest BCUT2D eigenvalue weighted by Crippen LogP contribution is 2.04. The lowest BCUT2D eigenvalue weighted by Crippen LogP contribution is -2.55. The number of carbonyl (C=O) groups is 3. The van der Waals surface area contributed by atoms with Crippen LogP contribution in [0.25, 0.3) is 0 Å². The topological polar surface area (TPSA) is 99.2 Å². The summed E-state index contributed by atoms with van der Waals surface area (Å²) >= 11 is 0. The molecule has 1 rings (SSSR count). The van der Waals surface area contributed by atoms with Gasteiger partial charge in [-0.25, -0.2) is 9.59 Å². The van der Waals surface area contributed by atoms with Crippen LogP contribution in [0.2, 0.25) is 0 Å². The summed E-state index contributed by atoms with van der Waals surface area (Å²) in [5.41, 5.74) is 0. The second-order valence-electron chi connectivity index (χ2n) is 4.18. The molecule has 0 aliphatic carbocycles. The first-order valence-electron chi connectivity index (χ1n) is 6.15. The third kappa shape index (κ3) is 4.31. The van der Waals surface area contributed by atoms with Gasteiger partial charge in [0.15, 0.2) is 0 Å². The van der Waals surface area contributed by atoms with Gasteiger partial charge in [0.1, 0.15) is 6.04 Å². The fourth-order valence-electron chi connectivity index (χ4n) is 1.65. The summed E-state index contributed by atoms with van der Waals surface area (Å²) in [7, 11) is 0. The van der Waals surface area contributed by atoms with Crippen molar-refractivity contribution in [2.75, 3.05) is 32.8 Å². The molecule has 1 aliphatic heterocycles. The number of carboxylic acid groups (broad SMARTS) is 1. The second kappa shape index (κ2) is 6.81. The van der Waals surface area contributed by atoms with Crippen LogP contribution >= 0.6 is 0 Å². The third-order valence-electron chi connectivity index (χ3n) is 2.80. The number of carboxylic acids is 1. The van der Waals surface area contributed by atoms with Crippen LogP contribution in [0, 0.1) is 0 Å². The molecule has 0 spiro atoms. The zero-order valence-corrected chi connectivity index (χ0v) is 11.1. The monoisotopic (exact) mass is 273 g/mol. The number of aliphatic carboxylic acids is 1. The third-order valence-corrected chi connectivity index (χ3v) is 2.80. The van der Waals surface area contributed by atoms with Crippen molar-refractivity contribution in [2.24, 2.45) is 0 Å². The van der Waals surface area contributed by atoms with Gasteiger partial charge in [0.05, 0.1) is 6.61 Å². The number of urea groups is 1. The van der Waals surface area contributed by atoms with E-state index in [0.29, 0.717) is 32.8 Å². The minimum absolute atomic E-state index is 0.315. The molecular weight excluding hydrogens is 254 g/mol. The van der Waals surface area contributed by atoms with Gasteiger partial charge >= 0.3 is 18.1 Å². The first-order chi connectivity index (χ1) is 8.95. The van der Waals surface area contributed by atoms with Gasteiger partial charge in [0, 0.05) is 26.2 Å². The molecule has 2 N–H and O–H groups in total. The summed E-state index contributed by atoms with van der Waals surface area (Å²) in [5.74, 6) is -1.08. The van der Waals surface area contributed by atoms with Crippen LogP contribution in [0.4, 0.5) is 9.59 Å². The Hall–Kier alpha value is -1.99. The van der Waals surface area contributed by atoms with Gasteiger partial charge in [0.25, 0.3) is 0 Å². The van der Waals surface area contributed by atoms with Crippen molar-refractivity contribution in [2.45, 2.75) is 19.9 Å². The van der Waals surface area contributed by atoms with Crippen molar-refractivity contribution in [3.8, 4) is 0 Å². The summed E-state index contributed by atoms with van der Waals surface area (Å²) < 4.78 is 4.86. The molecule has 8 heteroatoms. The van der Waals surface area contributed by atoms with Crippen molar-refractivity contribution in [3.63, 3.8) is 0 Å². The Morgan fingerprint density at radius 2 is 1.74 bits per heavy atom. The van der Waals surface area contributed by atoms with Gasteiger partial charge in [-0.1, -0.05) is 0 Å². The van der Waals surface area contributed by atoms with E-state index in [2.05, 4.69) is 5.32 Å². The number of hydrogen-bond acceptors (Lipinski definition) is 4. The highest BCUT2D eigenvalue weighted by atomic mass is 16.6. The van der Waals surface area contributed by atoms with E-state index in [1.54, 1.807) is 6.92 Å². The molecule has 19 heavy (non-hydrogen) atoms. The number of ether oxygens (including phenoxy) is 1. The Balaban J connectivity index is 2.39. The van der Waals surface area contributed by atoms with E-state index in [0.717, 1.165) is 0 Å². The van der Waals surface area contributed by atoms with Crippen LogP contribution in [0.15, 0.2) is 0 Å². The standard InChI is InChI=1S/C11H19N3O5/c1-3-19-11(18)14-6-4-13(5-7-14)10(17)12-8(2)9(15)16/h8H,3-7H2,1-2H3,(H,12,17)(H,15,16). The van der Waals surface area contributed by atoms with Crippen molar-refractivity contribution >= 4 is 18.1 Å². The molecule has 1 fully saturated rings. The molecule has 0 radical (unpaired) electrons. The molecule has 1 aliphatic rings. The number of nitrogens with one attached hydrogen (secondary N) is 1. The molecule has 8 nitrogen and oxygen atoms in total. The summed E-state index contributed by atoms with van der Waals surface area (Å²) in [6, 6.07) is -1.37. The molecule has 3 amide bonds. The number of nitrogens with zero attached hydrogens (tertiary/aromatic N) is 2. The number of carbonyl (C=O) groups excluding carboxylic acids is 2. The minimum Gasteiger partial charge on any atom is -0.480 e. The SMILES string of the molecule is CCOC(=O)N1CCN(C(=O)NC(C)C(=O)O)CC1. The van der Waals surface area contributed by atoms with Gasteiger partial charge in [-0.15, -0.1) is 0 Å². The Labute approximate surface area is 111 Å². The molecule has 0 aromatic rings. The first kappa shape index (κ1) is 15.1. The minimum atomic E-state index is -1.08. The lowest BCUT2D eigenvalue weighted by Gasteiger charge is -2.34. The van der Waals surface area contributed by atoms with E-state index in [-0.39, 0.29) is 6.09 Å². The van der Waals surface area contributed by atoms with Crippen LogP contribution in [0.3, 0.4) is 0 Å². The molecule has 0 saturated carbocycles. The largest absolute Gasteiger partial charge is 0.480 e. The molecule has 1 heterocycles. The van der Waals surface area contributed by atoms with Crippen molar-refractivity contribution in [3.05, 3.63) is 0 Å². The first-order valence-corrected chi connectivity index (χ1v) is 6.15. The average molecular weight is 273 g/mol. The Morgan fingerprint density at radius 3 is 2.21 bits per heavy atom. The number of hydrogen-bond donors (Lipinski definition) is 2. The lowest BCUT2D eigenvalue weighted by atomic mass is 10.3. The molecule has 108 valence electrons. The number of piperazine rings is 1. The van der Waals surface area contributed by atoms with Crippen LogP contribution < -0.4 is 5.32 Å². The molecule has 0 aromatic carbocycles. The Bertz CT molecular complexity index is 352. The van der Waals surface area contributed by atoms with Gasteiger partial charge < -0.3 is 25.0 Å². The van der Waals surface area contributed by atoms with Crippen LogP contribution in [-0.2, 0) is 9.53 Å². The van der Waals surface area contributed by atoms with Gasteiger partial charge in [0.2, 0.25) is 0 Å². The normalized spacial score (nSPS) is 16.7. The quantitative estimate of drug-likeness (QED) is 0.750. The summed E-state index contributed by atoms with van der Waals surface area (Å²) in [4.78, 5) is 36.8. The lowest BCUT2D eigenvalue weighted by molar-refractivity contribution is -0.138. The van der Waals surface area contributed by atoms with Gasteiger partial charge in [-0.2, -0.15) is 0 Å². The maximum Gasteiger partial charge on any atom is 0.409 e. The molecule has 1 atom stereocenters. The zero-order valence-electron chi connectivity index (χ0n) is 11.1. The average Bonchev–Trinajstić information content (AvgIpc) is 2.39. The van der Waals surface area contributed by atoms with Crippen molar-refractivity contribution in [1.82, 2.24) is 15.1 Å². The maximum absolute atomic E-state index is 11.7.